The Labute approximate surface area is 151 Å². The van der Waals surface area contributed by atoms with Gasteiger partial charge in [0.2, 0.25) is 0 Å². The van der Waals surface area contributed by atoms with Gasteiger partial charge in [-0.05, 0) is 40.5 Å². The fourth-order valence-corrected chi connectivity index (χ4v) is 3.37. The van der Waals surface area contributed by atoms with E-state index < -0.39 is 0 Å². The lowest BCUT2D eigenvalue weighted by atomic mass is 9.80. The number of phenolic OH excluding ortho intramolecular Hbond substituents is 1. The van der Waals surface area contributed by atoms with E-state index in [1.165, 1.54) is 7.11 Å². The van der Waals surface area contributed by atoms with Crippen LogP contribution in [0.3, 0.4) is 0 Å². The highest BCUT2D eigenvalue weighted by Crippen LogP contribution is 2.38. The Bertz CT molecular complexity index is 999. The molecule has 0 bridgehead atoms. The lowest BCUT2D eigenvalue weighted by Gasteiger charge is -2.23. The second-order valence-electron chi connectivity index (χ2n) is 6.03. The third-order valence-corrected chi connectivity index (χ3v) is 4.56. The van der Waals surface area contributed by atoms with Gasteiger partial charge in [-0.25, -0.2) is 0 Å². The summed E-state index contributed by atoms with van der Waals surface area (Å²) in [6, 6.07) is 21.0. The molecule has 0 saturated heterocycles. The summed E-state index contributed by atoms with van der Waals surface area (Å²) in [4.78, 5) is 0. The highest BCUT2D eigenvalue weighted by molar-refractivity contribution is 6.22. The second kappa shape index (κ2) is 6.41. The van der Waals surface area contributed by atoms with Gasteiger partial charge in [0.15, 0.2) is 11.5 Å². The molecule has 128 valence electrons. The number of methoxy groups -OCH3 is 1. The molecule has 0 radical (unpaired) electrons. The molecular weight excluding hydrogens is 326 g/mol. The molecule has 0 atom stereocenters. The normalized spacial score (nSPS) is 12.2. The topological polar surface area (TPSA) is 62.0 Å². The van der Waals surface area contributed by atoms with E-state index in [4.69, 9.17) is 4.74 Å². The molecular formula is C22H17NO3. The summed E-state index contributed by atoms with van der Waals surface area (Å²) < 4.78 is 5.12. The molecule has 0 heterocycles. The predicted octanol–water partition coefficient (Wildman–Crippen LogP) is 4.53. The van der Waals surface area contributed by atoms with E-state index in [0.717, 1.165) is 33.4 Å². The standard InChI is InChI=1S/C22H17NO3/c1-26-21-11-10-14(13-20(21)24)12-19-15-6-2-4-8-17(15)22(23-25)18-9-5-3-7-16(18)19/h2-13,24-25H,1H3. The van der Waals surface area contributed by atoms with Crippen molar-refractivity contribution in [1.29, 1.82) is 0 Å². The highest BCUT2D eigenvalue weighted by atomic mass is 16.5. The van der Waals surface area contributed by atoms with Crippen LogP contribution in [0.2, 0.25) is 0 Å². The summed E-state index contributed by atoms with van der Waals surface area (Å²) in [7, 11) is 1.52. The van der Waals surface area contributed by atoms with Gasteiger partial charge in [0.1, 0.15) is 5.71 Å². The van der Waals surface area contributed by atoms with Gasteiger partial charge in [-0.15, -0.1) is 0 Å². The maximum Gasteiger partial charge on any atom is 0.160 e. The molecule has 1 aliphatic rings. The number of hydrogen-bond donors (Lipinski definition) is 2. The minimum absolute atomic E-state index is 0.0943. The van der Waals surface area contributed by atoms with Crippen LogP contribution >= 0.6 is 0 Å². The molecule has 0 aromatic heterocycles. The lowest BCUT2D eigenvalue weighted by Crippen LogP contribution is -2.15. The van der Waals surface area contributed by atoms with Crippen LogP contribution in [-0.4, -0.2) is 23.1 Å². The Morgan fingerprint density at radius 1 is 0.846 bits per heavy atom. The molecule has 4 nitrogen and oxygen atoms in total. The number of phenols is 1. The van der Waals surface area contributed by atoms with Crippen molar-refractivity contribution in [2.75, 3.05) is 7.11 Å². The number of oxime groups is 1. The zero-order chi connectivity index (χ0) is 18.1. The van der Waals surface area contributed by atoms with Crippen molar-refractivity contribution in [3.63, 3.8) is 0 Å². The predicted molar refractivity (Wildman–Crippen MR) is 102 cm³/mol. The summed E-state index contributed by atoms with van der Waals surface area (Å²) in [5.41, 5.74) is 6.13. The third kappa shape index (κ3) is 2.52. The van der Waals surface area contributed by atoms with Crippen molar-refractivity contribution in [3.8, 4) is 11.5 Å². The summed E-state index contributed by atoms with van der Waals surface area (Å²) in [5.74, 6) is 0.531. The first-order valence-corrected chi connectivity index (χ1v) is 8.23. The number of fused-ring (bicyclic) bond motifs is 2. The fraction of sp³-hybridized carbons (Fsp3) is 0.0455. The molecule has 26 heavy (non-hydrogen) atoms. The smallest absolute Gasteiger partial charge is 0.160 e. The van der Waals surface area contributed by atoms with E-state index >= 15 is 0 Å². The largest absolute Gasteiger partial charge is 0.504 e. The van der Waals surface area contributed by atoms with E-state index in [9.17, 15) is 10.3 Å². The Kier molecular flexibility index (Phi) is 3.93. The lowest BCUT2D eigenvalue weighted by molar-refractivity contribution is 0.319. The van der Waals surface area contributed by atoms with E-state index in [1.807, 2.05) is 60.7 Å². The Morgan fingerprint density at radius 3 is 1.92 bits per heavy atom. The summed E-state index contributed by atoms with van der Waals surface area (Å²) in [6.45, 7) is 0. The van der Waals surface area contributed by atoms with Gasteiger partial charge in [0.05, 0.1) is 7.11 Å². The molecule has 0 amide bonds. The first kappa shape index (κ1) is 16.0. The van der Waals surface area contributed by atoms with Gasteiger partial charge in [0.25, 0.3) is 0 Å². The van der Waals surface area contributed by atoms with Crippen LogP contribution in [0.1, 0.15) is 27.8 Å². The van der Waals surface area contributed by atoms with Crippen molar-refractivity contribution >= 4 is 17.4 Å². The second-order valence-corrected chi connectivity index (χ2v) is 6.03. The Morgan fingerprint density at radius 2 is 1.42 bits per heavy atom. The fourth-order valence-electron chi connectivity index (χ4n) is 3.37. The summed E-state index contributed by atoms with van der Waals surface area (Å²) in [6.07, 6.45) is 2.02. The number of nitrogens with zero attached hydrogens (tertiary/aromatic N) is 1. The molecule has 4 heteroatoms. The molecule has 0 saturated carbocycles. The first-order chi connectivity index (χ1) is 12.7. The van der Waals surface area contributed by atoms with Gasteiger partial charge in [-0.3, -0.25) is 0 Å². The maximum absolute atomic E-state index is 10.1. The molecule has 0 spiro atoms. The number of benzene rings is 3. The van der Waals surface area contributed by atoms with Gasteiger partial charge >= 0.3 is 0 Å². The molecule has 0 aliphatic heterocycles. The van der Waals surface area contributed by atoms with Crippen molar-refractivity contribution < 1.29 is 15.1 Å². The zero-order valence-corrected chi connectivity index (χ0v) is 14.2. The Balaban J connectivity index is 1.96. The first-order valence-electron chi connectivity index (χ1n) is 8.23. The molecule has 4 rings (SSSR count). The summed E-state index contributed by atoms with van der Waals surface area (Å²) >= 11 is 0. The average Bonchev–Trinajstić information content (AvgIpc) is 2.68. The highest BCUT2D eigenvalue weighted by Gasteiger charge is 2.25. The van der Waals surface area contributed by atoms with Crippen LogP contribution in [-0.2, 0) is 0 Å². The van der Waals surface area contributed by atoms with Crippen molar-refractivity contribution in [2.24, 2.45) is 5.16 Å². The molecule has 1 aliphatic carbocycles. The van der Waals surface area contributed by atoms with Gasteiger partial charge in [0, 0.05) is 11.1 Å². The van der Waals surface area contributed by atoms with Crippen LogP contribution < -0.4 is 4.74 Å². The number of rotatable bonds is 2. The van der Waals surface area contributed by atoms with Crippen LogP contribution in [0, 0.1) is 0 Å². The van der Waals surface area contributed by atoms with Crippen LogP contribution in [0.25, 0.3) is 11.6 Å². The number of hydrogen-bond acceptors (Lipinski definition) is 4. The van der Waals surface area contributed by atoms with Gasteiger partial charge in [-0.2, -0.15) is 0 Å². The van der Waals surface area contributed by atoms with Crippen LogP contribution in [0.15, 0.2) is 71.9 Å². The van der Waals surface area contributed by atoms with Crippen LogP contribution in [0.5, 0.6) is 11.5 Å². The van der Waals surface area contributed by atoms with Gasteiger partial charge < -0.3 is 15.1 Å². The third-order valence-electron chi connectivity index (χ3n) is 4.56. The molecule has 0 fully saturated rings. The average molecular weight is 343 g/mol. The van der Waals surface area contributed by atoms with Crippen LogP contribution in [0.4, 0.5) is 0 Å². The van der Waals surface area contributed by atoms with E-state index in [0.29, 0.717) is 11.5 Å². The molecule has 2 N–H and O–H groups in total. The quantitative estimate of drug-likeness (QED) is 0.415. The van der Waals surface area contributed by atoms with Gasteiger partial charge in [-0.1, -0.05) is 59.8 Å². The molecule has 3 aromatic rings. The molecule has 0 unspecified atom stereocenters. The number of ether oxygens (including phenoxy) is 1. The SMILES string of the molecule is COc1ccc(C=C2c3ccccc3C(=NO)c3ccccc32)cc1O. The minimum atomic E-state index is 0.0943. The Hall–Kier alpha value is -3.53. The van der Waals surface area contributed by atoms with Crippen molar-refractivity contribution in [1.82, 2.24) is 0 Å². The minimum Gasteiger partial charge on any atom is -0.504 e. The van der Waals surface area contributed by atoms with E-state index in [-0.39, 0.29) is 5.75 Å². The summed E-state index contributed by atoms with van der Waals surface area (Å²) in [5, 5.41) is 23.2. The van der Waals surface area contributed by atoms with E-state index in [2.05, 4.69) is 5.16 Å². The monoisotopic (exact) mass is 343 g/mol. The zero-order valence-electron chi connectivity index (χ0n) is 14.2. The number of aromatic hydroxyl groups is 1. The maximum atomic E-state index is 10.1. The van der Waals surface area contributed by atoms with Crippen molar-refractivity contribution in [2.45, 2.75) is 0 Å². The van der Waals surface area contributed by atoms with E-state index in [1.54, 1.807) is 12.1 Å². The van der Waals surface area contributed by atoms with Crippen molar-refractivity contribution in [3.05, 3.63) is 94.5 Å². The molecule has 3 aromatic carbocycles.